The molecule has 1 unspecified atom stereocenters. The fraction of sp³-hybridized carbons (Fsp3) is 0.188. The molecule has 1 heterocycles. The number of rotatable bonds is 2. The van der Waals surface area contributed by atoms with Crippen LogP contribution < -0.4 is 5.32 Å². The highest BCUT2D eigenvalue weighted by Gasteiger charge is 2.30. The van der Waals surface area contributed by atoms with E-state index in [1.807, 2.05) is 24.3 Å². The van der Waals surface area contributed by atoms with Gasteiger partial charge in [-0.15, -0.1) is 0 Å². The van der Waals surface area contributed by atoms with E-state index in [1.165, 1.54) is 12.1 Å². The van der Waals surface area contributed by atoms with Crippen LogP contribution in [0.3, 0.4) is 0 Å². The zero-order valence-electron chi connectivity index (χ0n) is 11.0. The van der Waals surface area contributed by atoms with Gasteiger partial charge in [0.2, 0.25) is 0 Å². The average Bonchev–Trinajstić information content (AvgIpc) is 2.47. The van der Waals surface area contributed by atoms with Crippen molar-refractivity contribution in [3.05, 3.63) is 53.8 Å². The van der Waals surface area contributed by atoms with Crippen LogP contribution in [0, 0.1) is 5.82 Å². The molecular weight excluding hydrogens is 257 g/mol. The number of benzene rings is 2. The van der Waals surface area contributed by atoms with Crippen molar-refractivity contribution in [3.63, 3.8) is 0 Å². The largest absolute Gasteiger partial charge is 0.464 e. The monoisotopic (exact) mass is 271 g/mol. The number of hydrogen-bond donors (Lipinski definition) is 1. The molecule has 0 fully saturated rings. The number of fused-ring (bicyclic) bond motifs is 3. The molecule has 0 bridgehead atoms. The van der Waals surface area contributed by atoms with Gasteiger partial charge < -0.3 is 10.1 Å². The summed E-state index contributed by atoms with van der Waals surface area (Å²) in [4.78, 5) is 12.1. The molecular formula is C16H14FNO2. The maximum atomic E-state index is 13.4. The summed E-state index contributed by atoms with van der Waals surface area (Å²) in [5, 5.41) is 3.12. The van der Waals surface area contributed by atoms with Gasteiger partial charge >= 0.3 is 5.97 Å². The molecule has 1 aliphatic rings. The summed E-state index contributed by atoms with van der Waals surface area (Å²) in [7, 11) is 0. The van der Waals surface area contributed by atoms with Gasteiger partial charge in [-0.3, -0.25) is 0 Å². The lowest BCUT2D eigenvalue weighted by atomic mass is 9.89. The lowest BCUT2D eigenvalue weighted by Gasteiger charge is -2.28. The third kappa shape index (κ3) is 2.03. The zero-order valence-corrected chi connectivity index (χ0v) is 11.0. The van der Waals surface area contributed by atoms with Gasteiger partial charge in [0.15, 0.2) is 6.04 Å². The summed E-state index contributed by atoms with van der Waals surface area (Å²) in [5.41, 5.74) is 3.17. The molecule has 0 radical (unpaired) electrons. The molecule has 3 rings (SSSR count). The number of hydrogen-bond acceptors (Lipinski definition) is 3. The predicted octanol–water partition coefficient (Wildman–Crippen LogP) is 3.52. The standard InChI is InChI=1S/C16H14FNO2/c1-2-20-16(19)15-12-6-4-3-5-11(12)13-9-10(17)7-8-14(13)18-15/h3-9,15,18H,2H2,1H3. The molecule has 2 aromatic carbocycles. The highest BCUT2D eigenvalue weighted by Crippen LogP contribution is 2.40. The summed E-state index contributed by atoms with van der Waals surface area (Å²) in [6.07, 6.45) is 0. The van der Waals surface area contributed by atoms with Crippen molar-refractivity contribution in [1.29, 1.82) is 0 Å². The highest BCUT2D eigenvalue weighted by molar-refractivity contribution is 5.92. The Kier molecular flexibility index (Phi) is 3.14. The van der Waals surface area contributed by atoms with Crippen LogP contribution in [0.5, 0.6) is 0 Å². The SMILES string of the molecule is CCOC(=O)C1Nc2ccc(F)cc2-c2ccccc21. The molecule has 0 aliphatic carbocycles. The van der Waals surface area contributed by atoms with Crippen LogP contribution in [0.4, 0.5) is 10.1 Å². The minimum Gasteiger partial charge on any atom is -0.464 e. The molecule has 3 nitrogen and oxygen atoms in total. The van der Waals surface area contributed by atoms with Gasteiger partial charge in [-0.2, -0.15) is 0 Å². The van der Waals surface area contributed by atoms with E-state index in [4.69, 9.17) is 4.74 Å². The van der Waals surface area contributed by atoms with Crippen LogP contribution in [0.25, 0.3) is 11.1 Å². The number of anilines is 1. The Labute approximate surface area is 116 Å². The molecule has 1 atom stereocenters. The zero-order chi connectivity index (χ0) is 14.1. The van der Waals surface area contributed by atoms with E-state index < -0.39 is 6.04 Å². The van der Waals surface area contributed by atoms with E-state index >= 15 is 0 Å². The van der Waals surface area contributed by atoms with Gasteiger partial charge in [0.05, 0.1) is 6.61 Å². The first-order chi connectivity index (χ1) is 9.70. The van der Waals surface area contributed by atoms with Crippen LogP contribution in [-0.4, -0.2) is 12.6 Å². The van der Waals surface area contributed by atoms with Gasteiger partial charge in [0.1, 0.15) is 5.82 Å². The summed E-state index contributed by atoms with van der Waals surface area (Å²) in [5.74, 6) is -0.620. The number of halogens is 1. The summed E-state index contributed by atoms with van der Waals surface area (Å²) >= 11 is 0. The second kappa shape index (κ2) is 4.96. The molecule has 4 heteroatoms. The van der Waals surface area contributed by atoms with Crippen molar-refractivity contribution >= 4 is 11.7 Å². The predicted molar refractivity (Wildman–Crippen MR) is 74.8 cm³/mol. The maximum absolute atomic E-state index is 13.4. The van der Waals surface area contributed by atoms with Crippen molar-refractivity contribution in [1.82, 2.24) is 0 Å². The number of esters is 1. The number of nitrogens with one attached hydrogen (secondary N) is 1. The lowest BCUT2D eigenvalue weighted by Crippen LogP contribution is -2.26. The third-order valence-electron chi connectivity index (χ3n) is 3.37. The third-order valence-corrected chi connectivity index (χ3v) is 3.37. The smallest absolute Gasteiger partial charge is 0.333 e. The Morgan fingerprint density at radius 2 is 2.05 bits per heavy atom. The molecule has 20 heavy (non-hydrogen) atoms. The van der Waals surface area contributed by atoms with Crippen LogP contribution >= 0.6 is 0 Å². The Bertz CT molecular complexity index is 669. The van der Waals surface area contributed by atoms with Crippen molar-refractivity contribution in [2.24, 2.45) is 0 Å². The van der Waals surface area contributed by atoms with Crippen LogP contribution in [0.2, 0.25) is 0 Å². The summed E-state index contributed by atoms with van der Waals surface area (Å²) < 4.78 is 18.5. The van der Waals surface area contributed by atoms with Gasteiger partial charge in [0.25, 0.3) is 0 Å². The number of ether oxygens (including phenoxy) is 1. The summed E-state index contributed by atoms with van der Waals surface area (Å²) in [6.45, 7) is 2.10. The van der Waals surface area contributed by atoms with Crippen molar-refractivity contribution in [3.8, 4) is 11.1 Å². The molecule has 0 saturated heterocycles. The Balaban J connectivity index is 2.13. The van der Waals surface area contributed by atoms with E-state index in [-0.39, 0.29) is 11.8 Å². The molecule has 0 spiro atoms. The molecule has 0 aromatic heterocycles. The minimum atomic E-state index is -0.552. The minimum absolute atomic E-state index is 0.296. The van der Waals surface area contributed by atoms with E-state index in [0.29, 0.717) is 6.61 Å². The van der Waals surface area contributed by atoms with E-state index in [0.717, 1.165) is 22.4 Å². The van der Waals surface area contributed by atoms with Crippen LogP contribution in [0.15, 0.2) is 42.5 Å². The second-order valence-corrected chi connectivity index (χ2v) is 4.61. The van der Waals surface area contributed by atoms with E-state index in [1.54, 1.807) is 13.0 Å². The van der Waals surface area contributed by atoms with Crippen LogP contribution in [0.1, 0.15) is 18.5 Å². The first kappa shape index (κ1) is 12.7. The fourth-order valence-electron chi connectivity index (χ4n) is 2.50. The topological polar surface area (TPSA) is 38.3 Å². The molecule has 2 aromatic rings. The first-order valence-electron chi connectivity index (χ1n) is 6.52. The average molecular weight is 271 g/mol. The summed E-state index contributed by atoms with van der Waals surface area (Å²) in [6, 6.07) is 11.4. The lowest BCUT2D eigenvalue weighted by molar-refractivity contribution is -0.144. The van der Waals surface area contributed by atoms with E-state index in [9.17, 15) is 9.18 Å². The maximum Gasteiger partial charge on any atom is 0.333 e. The normalized spacial score (nSPS) is 15.8. The first-order valence-corrected chi connectivity index (χ1v) is 6.52. The second-order valence-electron chi connectivity index (χ2n) is 4.61. The highest BCUT2D eigenvalue weighted by atomic mass is 19.1. The molecule has 1 aliphatic heterocycles. The molecule has 0 amide bonds. The van der Waals surface area contributed by atoms with Gasteiger partial charge in [-0.05, 0) is 36.2 Å². The molecule has 0 saturated carbocycles. The van der Waals surface area contributed by atoms with Crippen molar-refractivity contribution in [2.45, 2.75) is 13.0 Å². The van der Waals surface area contributed by atoms with E-state index in [2.05, 4.69) is 5.32 Å². The number of carbonyl (C=O) groups is 1. The Hall–Kier alpha value is -2.36. The van der Waals surface area contributed by atoms with Crippen molar-refractivity contribution in [2.75, 3.05) is 11.9 Å². The Morgan fingerprint density at radius 3 is 2.85 bits per heavy atom. The van der Waals surface area contributed by atoms with Gasteiger partial charge in [-0.25, -0.2) is 9.18 Å². The van der Waals surface area contributed by atoms with Gasteiger partial charge in [0, 0.05) is 11.3 Å². The molecule has 1 N–H and O–H groups in total. The van der Waals surface area contributed by atoms with Crippen molar-refractivity contribution < 1.29 is 13.9 Å². The Morgan fingerprint density at radius 1 is 1.25 bits per heavy atom. The quantitative estimate of drug-likeness (QED) is 0.849. The fourth-order valence-corrected chi connectivity index (χ4v) is 2.50. The van der Waals surface area contributed by atoms with Gasteiger partial charge in [-0.1, -0.05) is 24.3 Å². The number of carbonyl (C=O) groups excluding carboxylic acids is 1. The van der Waals surface area contributed by atoms with Crippen LogP contribution in [-0.2, 0) is 9.53 Å². The molecule has 102 valence electrons.